The third kappa shape index (κ3) is 1.94. The molecule has 2 aromatic heterocycles. The normalized spacial score (nSPS) is 10.6. The van der Waals surface area contributed by atoms with Crippen LogP contribution in [0.5, 0.6) is 0 Å². The van der Waals surface area contributed by atoms with Crippen LogP contribution in [0.3, 0.4) is 0 Å². The van der Waals surface area contributed by atoms with Crippen molar-refractivity contribution < 1.29 is 9.32 Å². The summed E-state index contributed by atoms with van der Waals surface area (Å²) in [5.41, 5.74) is 13.2. The van der Waals surface area contributed by atoms with E-state index in [-0.39, 0.29) is 5.88 Å². The summed E-state index contributed by atoms with van der Waals surface area (Å²) in [4.78, 5) is 15.7. The van der Waals surface area contributed by atoms with Gasteiger partial charge in [-0.15, -0.1) is 11.3 Å². The van der Waals surface area contributed by atoms with E-state index in [2.05, 4.69) is 10.1 Å². The smallest absolute Gasteiger partial charge is 0.249 e. The molecule has 0 bridgehead atoms. The Kier molecular flexibility index (Phi) is 2.96. The molecular formula is C13H10N4O2S. The number of nitrogens with zero attached hydrogens (tertiary/aromatic N) is 2. The highest BCUT2D eigenvalue weighted by atomic mass is 32.1. The van der Waals surface area contributed by atoms with Gasteiger partial charge in [0.2, 0.25) is 11.8 Å². The molecule has 0 atom stereocenters. The van der Waals surface area contributed by atoms with Crippen molar-refractivity contribution in [3.8, 4) is 21.8 Å². The van der Waals surface area contributed by atoms with E-state index in [4.69, 9.17) is 16.0 Å². The fourth-order valence-electron chi connectivity index (χ4n) is 1.97. The Labute approximate surface area is 118 Å². The molecule has 1 aromatic carbocycles. The Hall–Kier alpha value is -2.67. The second-order valence-corrected chi connectivity index (χ2v) is 4.91. The fourth-order valence-corrected chi connectivity index (χ4v) is 2.59. The van der Waals surface area contributed by atoms with Crippen molar-refractivity contribution in [2.45, 2.75) is 0 Å². The van der Waals surface area contributed by atoms with E-state index in [0.717, 1.165) is 0 Å². The molecule has 0 saturated carbocycles. The standard InChI is InChI=1S/C13H10N4O2S/c14-11(18)8-4-2-1-3-7(8)9-10(17-19-12(9)15)13-16-5-6-20-13/h1-6H,15H2,(H2,14,18). The minimum absolute atomic E-state index is 0.129. The molecule has 7 heteroatoms. The van der Waals surface area contributed by atoms with Crippen LogP contribution < -0.4 is 11.5 Å². The number of primary amides is 1. The number of amides is 1. The Morgan fingerprint density at radius 1 is 1.30 bits per heavy atom. The minimum atomic E-state index is -0.536. The van der Waals surface area contributed by atoms with Gasteiger partial charge in [-0.3, -0.25) is 4.79 Å². The van der Waals surface area contributed by atoms with E-state index < -0.39 is 5.91 Å². The van der Waals surface area contributed by atoms with Crippen LogP contribution in [-0.2, 0) is 0 Å². The Morgan fingerprint density at radius 3 is 2.80 bits per heavy atom. The summed E-state index contributed by atoms with van der Waals surface area (Å²) < 4.78 is 5.05. The number of aromatic nitrogens is 2. The molecule has 0 radical (unpaired) electrons. The van der Waals surface area contributed by atoms with Crippen LogP contribution in [0.2, 0.25) is 0 Å². The number of carbonyl (C=O) groups is 1. The maximum absolute atomic E-state index is 11.5. The zero-order chi connectivity index (χ0) is 14.1. The quantitative estimate of drug-likeness (QED) is 0.766. The van der Waals surface area contributed by atoms with Gasteiger partial charge in [-0.1, -0.05) is 23.4 Å². The maximum atomic E-state index is 11.5. The monoisotopic (exact) mass is 286 g/mol. The molecule has 100 valence electrons. The molecule has 0 fully saturated rings. The lowest BCUT2D eigenvalue weighted by molar-refractivity contribution is 0.100. The van der Waals surface area contributed by atoms with Crippen LogP contribution in [-0.4, -0.2) is 16.0 Å². The van der Waals surface area contributed by atoms with Crippen molar-refractivity contribution in [3.05, 3.63) is 41.4 Å². The molecule has 3 aromatic rings. The summed E-state index contributed by atoms with van der Waals surface area (Å²) in [5, 5.41) is 6.42. The van der Waals surface area contributed by atoms with Gasteiger partial charge in [-0.05, 0) is 6.07 Å². The van der Waals surface area contributed by atoms with E-state index in [1.54, 1.807) is 30.5 Å². The zero-order valence-electron chi connectivity index (χ0n) is 10.2. The van der Waals surface area contributed by atoms with E-state index >= 15 is 0 Å². The molecular weight excluding hydrogens is 276 g/mol. The summed E-state index contributed by atoms with van der Waals surface area (Å²) in [6, 6.07) is 6.91. The van der Waals surface area contributed by atoms with E-state index in [9.17, 15) is 4.79 Å². The summed E-state index contributed by atoms with van der Waals surface area (Å²) in [6.07, 6.45) is 1.66. The van der Waals surface area contributed by atoms with E-state index in [1.165, 1.54) is 11.3 Å². The molecule has 0 aliphatic heterocycles. The number of nitrogen functional groups attached to an aromatic ring is 1. The van der Waals surface area contributed by atoms with Crippen LogP contribution in [0, 0.1) is 0 Å². The summed E-state index contributed by atoms with van der Waals surface area (Å²) in [6.45, 7) is 0. The summed E-state index contributed by atoms with van der Waals surface area (Å²) >= 11 is 1.41. The molecule has 3 rings (SSSR count). The van der Waals surface area contributed by atoms with Gasteiger partial charge in [0, 0.05) is 22.7 Å². The number of nitrogens with two attached hydrogens (primary N) is 2. The predicted molar refractivity (Wildman–Crippen MR) is 76.0 cm³/mol. The van der Waals surface area contributed by atoms with Gasteiger partial charge >= 0.3 is 0 Å². The second kappa shape index (κ2) is 4.78. The van der Waals surface area contributed by atoms with Crippen LogP contribution in [0.25, 0.3) is 21.8 Å². The van der Waals surface area contributed by atoms with Gasteiger partial charge in [0.05, 0.1) is 5.56 Å². The molecule has 20 heavy (non-hydrogen) atoms. The largest absolute Gasteiger partial charge is 0.367 e. The highest BCUT2D eigenvalue weighted by Crippen LogP contribution is 2.38. The van der Waals surface area contributed by atoms with Crippen molar-refractivity contribution in [3.63, 3.8) is 0 Å². The average Bonchev–Trinajstić information content (AvgIpc) is 3.07. The third-order valence-corrected chi connectivity index (χ3v) is 3.60. The molecule has 1 amide bonds. The first-order valence-corrected chi connectivity index (χ1v) is 6.60. The van der Waals surface area contributed by atoms with Crippen molar-refractivity contribution in [2.24, 2.45) is 5.73 Å². The number of anilines is 1. The SMILES string of the molecule is NC(=O)c1ccccc1-c1c(-c2nccs2)noc1N. The first-order chi connectivity index (χ1) is 9.68. The van der Waals surface area contributed by atoms with E-state index in [0.29, 0.717) is 27.4 Å². The molecule has 0 unspecified atom stereocenters. The third-order valence-electron chi connectivity index (χ3n) is 2.82. The van der Waals surface area contributed by atoms with Gasteiger partial charge < -0.3 is 16.0 Å². The molecule has 4 N–H and O–H groups in total. The molecule has 0 saturated heterocycles. The van der Waals surface area contributed by atoms with Crippen molar-refractivity contribution >= 4 is 23.1 Å². The average molecular weight is 286 g/mol. The number of thiazole rings is 1. The van der Waals surface area contributed by atoms with Crippen LogP contribution >= 0.6 is 11.3 Å². The lowest BCUT2D eigenvalue weighted by atomic mass is 9.99. The highest BCUT2D eigenvalue weighted by Gasteiger charge is 2.22. The van der Waals surface area contributed by atoms with Gasteiger partial charge in [0.1, 0.15) is 5.01 Å². The fraction of sp³-hybridized carbons (Fsp3) is 0. The molecule has 6 nitrogen and oxygen atoms in total. The Bertz CT molecular complexity index is 765. The van der Waals surface area contributed by atoms with Gasteiger partial charge in [0.15, 0.2) is 5.69 Å². The number of hydrogen-bond acceptors (Lipinski definition) is 6. The molecule has 2 heterocycles. The molecule has 0 spiro atoms. The second-order valence-electron chi connectivity index (χ2n) is 4.02. The Balaban J connectivity index is 2.26. The first kappa shape index (κ1) is 12.4. The lowest BCUT2D eigenvalue weighted by Crippen LogP contribution is -2.12. The summed E-state index contributed by atoms with van der Waals surface area (Å²) in [7, 11) is 0. The maximum Gasteiger partial charge on any atom is 0.249 e. The minimum Gasteiger partial charge on any atom is -0.367 e. The lowest BCUT2D eigenvalue weighted by Gasteiger charge is -2.05. The number of benzene rings is 1. The molecule has 0 aliphatic rings. The number of hydrogen-bond donors (Lipinski definition) is 2. The zero-order valence-corrected chi connectivity index (χ0v) is 11.1. The van der Waals surface area contributed by atoms with Crippen LogP contribution in [0.4, 0.5) is 5.88 Å². The van der Waals surface area contributed by atoms with Gasteiger partial charge in [-0.2, -0.15) is 0 Å². The molecule has 0 aliphatic carbocycles. The van der Waals surface area contributed by atoms with Crippen molar-refractivity contribution in [1.29, 1.82) is 0 Å². The van der Waals surface area contributed by atoms with Crippen LogP contribution in [0.15, 0.2) is 40.4 Å². The topological polar surface area (TPSA) is 108 Å². The van der Waals surface area contributed by atoms with Gasteiger partial charge in [-0.25, -0.2) is 4.98 Å². The first-order valence-electron chi connectivity index (χ1n) is 5.72. The van der Waals surface area contributed by atoms with Crippen molar-refractivity contribution in [1.82, 2.24) is 10.1 Å². The predicted octanol–water partition coefficient (Wildman–Crippen LogP) is 2.15. The Morgan fingerprint density at radius 2 is 2.10 bits per heavy atom. The van der Waals surface area contributed by atoms with Gasteiger partial charge in [0.25, 0.3) is 0 Å². The summed E-state index contributed by atoms with van der Waals surface area (Å²) in [5.74, 6) is -0.407. The van der Waals surface area contributed by atoms with Crippen LogP contribution in [0.1, 0.15) is 10.4 Å². The number of rotatable bonds is 3. The van der Waals surface area contributed by atoms with E-state index in [1.807, 2.05) is 5.38 Å². The van der Waals surface area contributed by atoms with Crippen molar-refractivity contribution in [2.75, 3.05) is 5.73 Å². The number of carbonyl (C=O) groups excluding carboxylic acids is 1. The highest BCUT2D eigenvalue weighted by molar-refractivity contribution is 7.13.